The molecule has 0 amide bonds. The number of pyridine rings is 1. The van der Waals surface area contributed by atoms with Gasteiger partial charge in [-0.3, -0.25) is 4.98 Å². The maximum atomic E-state index is 12.8. The van der Waals surface area contributed by atoms with Crippen molar-refractivity contribution in [2.75, 3.05) is 6.54 Å². The predicted molar refractivity (Wildman–Crippen MR) is 92.1 cm³/mol. The van der Waals surface area contributed by atoms with Crippen LogP contribution in [0.1, 0.15) is 29.4 Å². The van der Waals surface area contributed by atoms with Crippen LogP contribution in [0.15, 0.2) is 47.5 Å². The van der Waals surface area contributed by atoms with Gasteiger partial charge in [-0.05, 0) is 43.7 Å². The molecule has 4 nitrogen and oxygen atoms in total. The standard InChI is InChI=1S/C18H21F3N4/c1-3-22-17(24-12-16-9-4-6-13(2)25-16)23-11-14-7-5-8-15(10-14)18(19,20)21/h4-10H,3,11-12H2,1-2H3,(H2,22,23,24). The van der Waals surface area contributed by atoms with Crippen molar-refractivity contribution in [2.45, 2.75) is 33.1 Å². The molecule has 0 saturated carbocycles. The van der Waals surface area contributed by atoms with E-state index < -0.39 is 11.7 Å². The average molecular weight is 350 g/mol. The van der Waals surface area contributed by atoms with Crippen LogP contribution >= 0.6 is 0 Å². The van der Waals surface area contributed by atoms with Crippen molar-refractivity contribution >= 4 is 5.96 Å². The molecule has 0 aliphatic rings. The molecule has 1 aromatic heterocycles. The quantitative estimate of drug-likeness (QED) is 0.639. The zero-order valence-electron chi connectivity index (χ0n) is 14.2. The number of guanidine groups is 1. The lowest BCUT2D eigenvalue weighted by molar-refractivity contribution is -0.137. The van der Waals surface area contributed by atoms with E-state index in [2.05, 4.69) is 20.6 Å². The summed E-state index contributed by atoms with van der Waals surface area (Å²) in [5.74, 6) is 0.531. The van der Waals surface area contributed by atoms with Gasteiger partial charge in [-0.1, -0.05) is 18.2 Å². The molecule has 0 fully saturated rings. The number of hydrogen-bond donors (Lipinski definition) is 2. The van der Waals surface area contributed by atoms with Gasteiger partial charge in [-0.25, -0.2) is 4.99 Å². The van der Waals surface area contributed by atoms with E-state index in [0.717, 1.165) is 23.5 Å². The number of aromatic nitrogens is 1. The Morgan fingerprint density at radius 3 is 2.56 bits per heavy atom. The lowest BCUT2D eigenvalue weighted by atomic mass is 10.1. The van der Waals surface area contributed by atoms with Gasteiger partial charge >= 0.3 is 6.18 Å². The van der Waals surface area contributed by atoms with Crippen molar-refractivity contribution in [3.05, 3.63) is 65.0 Å². The first-order valence-electron chi connectivity index (χ1n) is 7.99. The second kappa shape index (κ2) is 8.50. The molecule has 0 atom stereocenters. The molecule has 2 rings (SSSR count). The monoisotopic (exact) mass is 350 g/mol. The van der Waals surface area contributed by atoms with Gasteiger partial charge in [0, 0.05) is 12.2 Å². The van der Waals surface area contributed by atoms with E-state index in [-0.39, 0.29) is 6.54 Å². The SMILES string of the molecule is CCNC(=NCc1cccc(C(F)(F)F)c1)NCc1cccc(C)n1. The summed E-state index contributed by atoms with van der Waals surface area (Å²) >= 11 is 0. The Morgan fingerprint density at radius 2 is 1.88 bits per heavy atom. The topological polar surface area (TPSA) is 49.3 Å². The van der Waals surface area contributed by atoms with E-state index in [1.54, 1.807) is 6.07 Å². The summed E-state index contributed by atoms with van der Waals surface area (Å²) < 4.78 is 38.3. The Balaban J connectivity index is 2.04. The van der Waals surface area contributed by atoms with Crippen LogP contribution in [0, 0.1) is 6.92 Å². The Morgan fingerprint density at radius 1 is 1.12 bits per heavy atom. The maximum absolute atomic E-state index is 12.8. The highest BCUT2D eigenvalue weighted by Crippen LogP contribution is 2.29. The Hall–Kier alpha value is -2.57. The van der Waals surface area contributed by atoms with Gasteiger partial charge in [-0.2, -0.15) is 13.2 Å². The van der Waals surface area contributed by atoms with Gasteiger partial charge in [0.15, 0.2) is 5.96 Å². The van der Waals surface area contributed by atoms with Gasteiger partial charge in [0.25, 0.3) is 0 Å². The van der Waals surface area contributed by atoms with Crippen molar-refractivity contribution in [1.82, 2.24) is 15.6 Å². The van der Waals surface area contributed by atoms with Crippen molar-refractivity contribution in [1.29, 1.82) is 0 Å². The molecule has 0 saturated heterocycles. The fraction of sp³-hybridized carbons (Fsp3) is 0.333. The maximum Gasteiger partial charge on any atom is 0.416 e. The minimum atomic E-state index is -4.35. The van der Waals surface area contributed by atoms with E-state index in [4.69, 9.17) is 0 Å². The first-order chi connectivity index (χ1) is 11.9. The van der Waals surface area contributed by atoms with Crippen LogP contribution in [0.2, 0.25) is 0 Å². The second-order valence-corrected chi connectivity index (χ2v) is 5.52. The van der Waals surface area contributed by atoms with Gasteiger partial charge in [0.1, 0.15) is 0 Å². The van der Waals surface area contributed by atoms with E-state index in [9.17, 15) is 13.2 Å². The zero-order chi connectivity index (χ0) is 18.3. The minimum Gasteiger partial charge on any atom is -0.357 e. The van der Waals surface area contributed by atoms with Crippen LogP contribution in [0.25, 0.3) is 0 Å². The van der Waals surface area contributed by atoms with Crippen LogP contribution in [0.4, 0.5) is 13.2 Å². The molecule has 0 aliphatic carbocycles. The van der Waals surface area contributed by atoms with Crippen molar-refractivity contribution < 1.29 is 13.2 Å². The number of halogens is 3. The van der Waals surface area contributed by atoms with Crippen LogP contribution in [0.3, 0.4) is 0 Å². The Bertz CT molecular complexity index is 726. The lowest BCUT2D eigenvalue weighted by Crippen LogP contribution is -2.37. The van der Waals surface area contributed by atoms with Gasteiger partial charge in [0.2, 0.25) is 0 Å². The Labute approximate surface area is 145 Å². The summed E-state index contributed by atoms with van der Waals surface area (Å²) in [6.07, 6.45) is -4.35. The number of nitrogens with one attached hydrogen (secondary N) is 2. The third-order valence-electron chi connectivity index (χ3n) is 3.40. The molecule has 0 bridgehead atoms. The molecule has 0 spiro atoms. The van der Waals surface area contributed by atoms with Gasteiger partial charge in [0.05, 0.1) is 24.3 Å². The van der Waals surface area contributed by atoms with Crippen LogP contribution in [-0.4, -0.2) is 17.5 Å². The summed E-state index contributed by atoms with van der Waals surface area (Å²) in [5, 5.41) is 6.20. The highest BCUT2D eigenvalue weighted by molar-refractivity contribution is 5.79. The molecular formula is C18H21F3N4. The summed E-state index contributed by atoms with van der Waals surface area (Å²) in [7, 11) is 0. The average Bonchev–Trinajstić information content (AvgIpc) is 2.57. The molecule has 2 N–H and O–H groups in total. The smallest absolute Gasteiger partial charge is 0.357 e. The molecule has 25 heavy (non-hydrogen) atoms. The molecule has 0 aliphatic heterocycles. The zero-order valence-corrected chi connectivity index (χ0v) is 14.2. The number of nitrogens with zero attached hydrogens (tertiary/aromatic N) is 2. The van der Waals surface area contributed by atoms with Gasteiger partial charge < -0.3 is 10.6 Å². The normalized spacial score (nSPS) is 12.1. The number of benzene rings is 1. The number of hydrogen-bond acceptors (Lipinski definition) is 2. The molecule has 134 valence electrons. The highest BCUT2D eigenvalue weighted by Gasteiger charge is 2.30. The van der Waals surface area contributed by atoms with E-state index in [1.807, 2.05) is 32.0 Å². The van der Waals surface area contributed by atoms with Crippen LogP contribution in [-0.2, 0) is 19.3 Å². The van der Waals surface area contributed by atoms with Crippen LogP contribution < -0.4 is 10.6 Å². The molecular weight excluding hydrogens is 329 g/mol. The minimum absolute atomic E-state index is 0.153. The van der Waals surface area contributed by atoms with E-state index in [0.29, 0.717) is 24.6 Å². The second-order valence-electron chi connectivity index (χ2n) is 5.52. The molecule has 0 radical (unpaired) electrons. The summed E-state index contributed by atoms with van der Waals surface area (Å²) in [5.41, 5.74) is 1.62. The number of rotatable bonds is 5. The lowest BCUT2D eigenvalue weighted by Gasteiger charge is -2.12. The van der Waals surface area contributed by atoms with Crippen molar-refractivity contribution in [3.8, 4) is 0 Å². The number of aliphatic imine (C=N–C) groups is 1. The molecule has 0 unspecified atom stereocenters. The molecule has 1 aromatic carbocycles. The number of aryl methyl sites for hydroxylation is 1. The highest BCUT2D eigenvalue weighted by atomic mass is 19.4. The third kappa shape index (κ3) is 6.10. The predicted octanol–water partition coefficient (Wildman–Crippen LogP) is 3.66. The van der Waals surface area contributed by atoms with Crippen LogP contribution in [0.5, 0.6) is 0 Å². The van der Waals surface area contributed by atoms with E-state index in [1.165, 1.54) is 6.07 Å². The largest absolute Gasteiger partial charge is 0.416 e. The van der Waals surface area contributed by atoms with E-state index >= 15 is 0 Å². The van der Waals surface area contributed by atoms with Crippen molar-refractivity contribution in [3.63, 3.8) is 0 Å². The first kappa shape index (κ1) is 18.8. The first-order valence-corrected chi connectivity index (χ1v) is 7.99. The summed E-state index contributed by atoms with van der Waals surface area (Å²) in [6, 6.07) is 10.9. The third-order valence-corrected chi connectivity index (χ3v) is 3.40. The molecule has 2 aromatic rings. The van der Waals surface area contributed by atoms with Crippen molar-refractivity contribution in [2.24, 2.45) is 4.99 Å². The fourth-order valence-corrected chi connectivity index (χ4v) is 2.23. The number of alkyl halides is 3. The van der Waals surface area contributed by atoms with Gasteiger partial charge in [-0.15, -0.1) is 0 Å². The molecule has 7 heteroatoms. The fourth-order valence-electron chi connectivity index (χ4n) is 2.23. The summed E-state index contributed by atoms with van der Waals surface area (Å²) in [6.45, 7) is 5.12. The molecule has 1 heterocycles. The summed E-state index contributed by atoms with van der Waals surface area (Å²) in [4.78, 5) is 8.74. The Kier molecular flexibility index (Phi) is 6.38.